The number of benzene rings is 2. The van der Waals surface area contributed by atoms with Crippen LogP contribution in [0.5, 0.6) is 11.5 Å². The topological polar surface area (TPSA) is 81.2 Å². The van der Waals surface area contributed by atoms with Gasteiger partial charge in [0.2, 0.25) is 0 Å². The predicted molar refractivity (Wildman–Crippen MR) is 129 cm³/mol. The van der Waals surface area contributed by atoms with E-state index in [1.54, 1.807) is 29.9 Å². The van der Waals surface area contributed by atoms with Gasteiger partial charge in [0.25, 0.3) is 5.91 Å². The molecule has 3 aromatic rings. The van der Waals surface area contributed by atoms with E-state index >= 15 is 0 Å². The van der Waals surface area contributed by atoms with Crippen molar-refractivity contribution in [1.82, 2.24) is 14.8 Å². The number of pyridine rings is 1. The van der Waals surface area contributed by atoms with Gasteiger partial charge in [-0.3, -0.25) is 4.79 Å². The molecule has 0 saturated carbocycles. The number of carbonyl (C=O) groups excluding carboxylic acids is 2. The van der Waals surface area contributed by atoms with Gasteiger partial charge < -0.3 is 24.0 Å². The zero-order valence-electron chi connectivity index (χ0n) is 19.7. The minimum atomic E-state index is -0.334. The number of aromatic nitrogens is 1. The Balaban J connectivity index is 1.60. The normalized spacial score (nSPS) is 13.6. The van der Waals surface area contributed by atoms with Gasteiger partial charge in [0.1, 0.15) is 11.5 Å². The van der Waals surface area contributed by atoms with E-state index in [0.717, 1.165) is 27.9 Å². The van der Waals surface area contributed by atoms with Crippen LogP contribution in [0.2, 0.25) is 0 Å². The molecule has 0 aliphatic carbocycles. The molecule has 4 rings (SSSR count). The minimum Gasteiger partial charge on any atom is -0.497 e. The fourth-order valence-corrected chi connectivity index (χ4v) is 4.02. The average molecular weight is 464 g/mol. The number of methoxy groups -OCH3 is 1. The summed E-state index contributed by atoms with van der Waals surface area (Å²) < 4.78 is 16.3. The van der Waals surface area contributed by atoms with Crippen molar-refractivity contribution in [2.24, 2.45) is 0 Å². The summed E-state index contributed by atoms with van der Waals surface area (Å²) in [5, 5.41) is 0.782. The van der Waals surface area contributed by atoms with Crippen LogP contribution in [-0.4, -0.2) is 73.3 Å². The van der Waals surface area contributed by atoms with Gasteiger partial charge in [-0.2, -0.15) is 0 Å². The highest BCUT2D eigenvalue weighted by Gasteiger charge is 2.26. The van der Waals surface area contributed by atoms with Crippen molar-refractivity contribution in [2.45, 2.75) is 13.8 Å². The molecule has 8 heteroatoms. The molecular weight excluding hydrogens is 434 g/mol. The van der Waals surface area contributed by atoms with Crippen LogP contribution in [0.15, 0.2) is 48.5 Å². The minimum absolute atomic E-state index is 0.0790. The molecule has 0 bridgehead atoms. The molecule has 1 fully saturated rings. The molecule has 1 saturated heterocycles. The summed E-state index contributed by atoms with van der Waals surface area (Å²) in [6, 6.07) is 15.1. The van der Waals surface area contributed by atoms with Gasteiger partial charge in [-0.15, -0.1) is 0 Å². The van der Waals surface area contributed by atoms with E-state index in [2.05, 4.69) is 0 Å². The maximum Gasteiger partial charge on any atom is 0.409 e. The van der Waals surface area contributed by atoms with E-state index in [9.17, 15) is 9.59 Å². The van der Waals surface area contributed by atoms with Crippen LogP contribution in [0.1, 0.15) is 24.2 Å². The number of hydrogen-bond acceptors (Lipinski definition) is 6. The van der Waals surface area contributed by atoms with Gasteiger partial charge in [0.05, 0.1) is 31.5 Å². The summed E-state index contributed by atoms with van der Waals surface area (Å²) in [4.78, 5) is 33.3. The van der Waals surface area contributed by atoms with Crippen LogP contribution < -0.4 is 9.47 Å². The first-order valence-corrected chi connectivity index (χ1v) is 11.5. The number of fused-ring (bicyclic) bond motifs is 1. The first kappa shape index (κ1) is 23.4. The second kappa shape index (κ2) is 10.4. The van der Waals surface area contributed by atoms with Gasteiger partial charge in [-0.1, -0.05) is 12.1 Å². The number of piperazine rings is 1. The molecule has 0 N–H and O–H groups in total. The van der Waals surface area contributed by atoms with Gasteiger partial charge >= 0.3 is 6.09 Å². The third-order valence-electron chi connectivity index (χ3n) is 5.78. The molecule has 1 aromatic heterocycles. The molecule has 2 aromatic carbocycles. The monoisotopic (exact) mass is 463 g/mol. The molecule has 2 heterocycles. The number of rotatable bonds is 6. The molecule has 34 heavy (non-hydrogen) atoms. The van der Waals surface area contributed by atoms with Gasteiger partial charge in [0, 0.05) is 48.8 Å². The molecule has 2 amide bonds. The lowest BCUT2D eigenvalue weighted by Gasteiger charge is -2.34. The largest absolute Gasteiger partial charge is 0.497 e. The van der Waals surface area contributed by atoms with Crippen LogP contribution in [0.3, 0.4) is 0 Å². The molecule has 8 nitrogen and oxygen atoms in total. The maximum absolute atomic E-state index is 13.2. The molecule has 0 spiro atoms. The second-order valence-corrected chi connectivity index (χ2v) is 7.88. The van der Waals surface area contributed by atoms with Gasteiger partial charge in [-0.25, -0.2) is 9.78 Å². The molecule has 1 aliphatic heterocycles. The molecule has 0 unspecified atom stereocenters. The van der Waals surface area contributed by atoms with Crippen LogP contribution >= 0.6 is 0 Å². The number of ether oxygens (including phenoxy) is 3. The first-order chi connectivity index (χ1) is 16.5. The van der Waals surface area contributed by atoms with Crippen molar-refractivity contribution in [2.75, 3.05) is 46.5 Å². The zero-order chi connectivity index (χ0) is 24.1. The fraction of sp³-hybridized carbons (Fsp3) is 0.346. The van der Waals surface area contributed by atoms with Crippen molar-refractivity contribution in [3.05, 3.63) is 54.1 Å². The SMILES string of the molecule is CCOC(=O)N1CCN(C(=O)c2ccc3nc(-c4cccc(OC)c4)cc(OCC)c3c2)CC1. The van der Waals surface area contributed by atoms with E-state index in [-0.39, 0.29) is 12.0 Å². The quantitative estimate of drug-likeness (QED) is 0.544. The fourth-order valence-electron chi connectivity index (χ4n) is 4.02. The van der Waals surface area contributed by atoms with Crippen molar-refractivity contribution in [1.29, 1.82) is 0 Å². The Hall–Kier alpha value is -3.81. The van der Waals surface area contributed by atoms with Crippen LogP contribution in [0.25, 0.3) is 22.2 Å². The van der Waals surface area contributed by atoms with Crippen LogP contribution in [-0.2, 0) is 4.74 Å². The van der Waals surface area contributed by atoms with Crippen LogP contribution in [0.4, 0.5) is 4.79 Å². The van der Waals surface area contributed by atoms with Crippen molar-refractivity contribution < 1.29 is 23.8 Å². The maximum atomic E-state index is 13.2. The highest BCUT2D eigenvalue weighted by Crippen LogP contribution is 2.32. The van der Waals surface area contributed by atoms with Gasteiger partial charge in [0.15, 0.2) is 0 Å². The Morgan fingerprint density at radius 2 is 1.71 bits per heavy atom. The number of hydrogen-bond donors (Lipinski definition) is 0. The molecular formula is C26H29N3O5. The Kier molecular flexibility index (Phi) is 7.15. The smallest absolute Gasteiger partial charge is 0.409 e. The first-order valence-electron chi connectivity index (χ1n) is 11.5. The van der Waals surface area contributed by atoms with Crippen LogP contribution in [0, 0.1) is 0 Å². The lowest BCUT2D eigenvalue weighted by molar-refractivity contribution is 0.0570. The average Bonchev–Trinajstić information content (AvgIpc) is 2.88. The summed E-state index contributed by atoms with van der Waals surface area (Å²) >= 11 is 0. The van der Waals surface area contributed by atoms with Crippen molar-refractivity contribution >= 4 is 22.9 Å². The highest BCUT2D eigenvalue weighted by atomic mass is 16.6. The summed E-state index contributed by atoms with van der Waals surface area (Å²) in [7, 11) is 1.63. The summed E-state index contributed by atoms with van der Waals surface area (Å²) in [5.41, 5.74) is 2.99. The van der Waals surface area contributed by atoms with Crippen molar-refractivity contribution in [3.8, 4) is 22.8 Å². The Morgan fingerprint density at radius 3 is 2.41 bits per heavy atom. The summed E-state index contributed by atoms with van der Waals surface area (Å²) in [5.74, 6) is 1.35. The Bertz CT molecular complexity index is 1190. The Labute approximate surface area is 199 Å². The summed E-state index contributed by atoms with van der Waals surface area (Å²) in [6.07, 6.45) is -0.334. The Morgan fingerprint density at radius 1 is 0.941 bits per heavy atom. The molecule has 178 valence electrons. The van der Waals surface area contributed by atoms with E-state index in [1.807, 2.05) is 49.4 Å². The predicted octanol–water partition coefficient (Wildman–Crippen LogP) is 4.22. The van der Waals surface area contributed by atoms with Crippen molar-refractivity contribution in [3.63, 3.8) is 0 Å². The van der Waals surface area contributed by atoms with E-state index in [4.69, 9.17) is 19.2 Å². The summed E-state index contributed by atoms with van der Waals surface area (Å²) in [6.45, 7) is 6.36. The van der Waals surface area contributed by atoms with Gasteiger partial charge in [-0.05, 0) is 44.2 Å². The molecule has 0 atom stereocenters. The second-order valence-electron chi connectivity index (χ2n) is 7.88. The number of nitrogens with zero attached hydrogens (tertiary/aromatic N) is 3. The standard InChI is InChI=1S/C26H29N3O5/c1-4-33-24-17-23(18-7-6-8-20(15-18)32-3)27-22-10-9-19(16-21(22)24)25(30)28-11-13-29(14-12-28)26(31)34-5-2/h6-10,15-17H,4-5,11-14H2,1-3H3. The lowest BCUT2D eigenvalue weighted by Crippen LogP contribution is -2.50. The van der Waals surface area contributed by atoms with E-state index < -0.39 is 0 Å². The van der Waals surface area contributed by atoms with E-state index in [0.29, 0.717) is 50.7 Å². The zero-order valence-corrected chi connectivity index (χ0v) is 19.7. The molecule has 0 radical (unpaired) electrons. The number of amides is 2. The third-order valence-corrected chi connectivity index (χ3v) is 5.78. The highest BCUT2D eigenvalue weighted by molar-refractivity contribution is 6.00. The third kappa shape index (κ3) is 4.90. The molecule has 1 aliphatic rings. The number of carbonyl (C=O) groups is 2. The van der Waals surface area contributed by atoms with E-state index in [1.165, 1.54) is 0 Å². The lowest BCUT2D eigenvalue weighted by atomic mass is 10.1.